The summed E-state index contributed by atoms with van der Waals surface area (Å²) in [7, 11) is -2.90. The van der Waals surface area contributed by atoms with Gasteiger partial charge in [0.15, 0.2) is 6.29 Å². The predicted molar refractivity (Wildman–Crippen MR) is 145 cm³/mol. The lowest BCUT2D eigenvalue weighted by Crippen LogP contribution is -2.70. The minimum Gasteiger partial charge on any atom is -0.394 e. The van der Waals surface area contributed by atoms with Crippen LogP contribution in [-0.2, 0) is 20.5 Å². The van der Waals surface area contributed by atoms with E-state index in [9.17, 15) is 10.2 Å². The Morgan fingerprint density at radius 3 is 1.81 bits per heavy atom. The molecule has 3 aromatic rings. The van der Waals surface area contributed by atoms with Crippen molar-refractivity contribution in [3.8, 4) is 0 Å². The number of aliphatic hydroxyl groups is 2. The van der Waals surface area contributed by atoms with Crippen molar-refractivity contribution >= 4 is 18.7 Å². The highest BCUT2D eigenvalue weighted by Gasteiger charge is 2.55. The summed E-state index contributed by atoms with van der Waals surface area (Å²) >= 11 is 0. The molecule has 2 unspecified atom stereocenters. The van der Waals surface area contributed by atoms with Crippen molar-refractivity contribution in [1.82, 2.24) is 0 Å². The number of hydrogen-bond acceptors (Lipinski definition) is 5. The monoisotopic (exact) mass is 506 g/mol. The van der Waals surface area contributed by atoms with E-state index in [2.05, 4.69) is 45.0 Å². The van der Waals surface area contributed by atoms with E-state index < -0.39 is 32.9 Å². The molecule has 1 saturated heterocycles. The average molecular weight is 507 g/mol. The average Bonchev–Trinajstić information content (AvgIpc) is 2.89. The van der Waals surface area contributed by atoms with Crippen LogP contribution in [0.2, 0.25) is 5.04 Å². The van der Waals surface area contributed by atoms with Crippen LogP contribution in [0.25, 0.3) is 0 Å². The van der Waals surface area contributed by atoms with Gasteiger partial charge >= 0.3 is 0 Å². The van der Waals surface area contributed by atoms with Gasteiger partial charge in [0.1, 0.15) is 12.2 Å². The molecule has 4 rings (SSSR count). The van der Waals surface area contributed by atoms with Crippen molar-refractivity contribution in [2.45, 2.75) is 63.9 Å². The molecule has 0 radical (unpaired) electrons. The van der Waals surface area contributed by atoms with Crippen molar-refractivity contribution in [1.29, 1.82) is 0 Å². The molecule has 1 heterocycles. The molecule has 0 aromatic heterocycles. The molecule has 0 aliphatic carbocycles. The lowest BCUT2D eigenvalue weighted by molar-refractivity contribution is -0.270. The highest BCUT2D eigenvalue weighted by atomic mass is 28.4. The lowest BCUT2D eigenvalue weighted by Gasteiger charge is -2.50. The number of rotatable bonds is 8. The summed E-state index contributed by atoms with van der Waals surface area (Å²) in [4.78, 5) is 0. The Labute approximate surface area is 215 Å². The summed E-state index contributed by atoms with van der Waals surface area (Å²) in [6, 6.07) is 30.7. The zero-order chi connectivity index (χ0) is 25.8. The summed E-state index contributed by atoms with van der Waals surface area (Å²) in [5, 5.41) is 23.2. The summed E-state index contributed by atoms with van der Waals surface area (Å²) in [5.41, 5.74) is 1.02. The van der Waals surface area contributed by atoms with Gasteiger partial charge in [0.05, 0.1) is 19.3 Å². The third-order valence-corrected chi connectivity index (χ3v) is 12.1. The maximum absolute atomic E-state index is 11.0. The molecule has 192 valence electrons. The minimum atomic E-state index is -2.90. The molecular weight excluding hydrogens is 468 g/mol. The van der Waals surface area contributed by atoms with Gasteiger partial charge in [-0.3, -0.25) is 0 Å². The maximum atomic E-state index is 11.0. The SMILES string of the molecule is CC1[C@H](O[Si](c2ccccc2)(c2ccccc2)C(C)(C)C)OC(CO)[C@@H](O)[C@H]1OCc1ccccc1. The molecule has 2 N–H and O–H groups in total. The van der Waals surface area contributed by atoms with Crippen LogP contribution in [0.15, 0.2) is 91.0 Å². The van der Waals surface area contributed by atoms with E-state index in [1.165, 1.54) is 0 Å². The van der Waals surface area contributed by atoms with Crippen LogP contribution in [0.1, 0.15) is 33.3 Å². The third-order valence-electron chi connectivity index (χ3n) is 7.15. The van der Waals surface area contributed by atoms with Gasteiger partial charge in [-0.15, -0.1) is 0 Å². The van der Waals surface area contributed by atoms with Crippen LogP contribution < -0.4 is 10.4 Å². The Morgan fingerprint density at radius 1 is 0.833 bits per heavy atom. The highest BCUT2D eigenvalue weighted by Crippen LogP contribution is 2.40. The molecule has 6 heteroatoms. The molecule has 0 amide bonds. The number of benzene rings is 3. The van der Waals surface area contributed by atoms with Crippen molar-refractivity contribution in [2.24, 2.45) is 5.92 Å². The van der Waals surface area contributed by atoms with Gasteiger partial charge in [-0.1, -0.05) is 119 Å². The first-order chi connectivity index (χ1) is 17.3. The highest BCUT2D eigenvalue weighted by molar-refractivity contribution is 6.99. The largest absolute Gasteiger partial charge is 0.394 e. The van der Waals surface area contributed by atoms with Crippen molar-refractivity contribution in [3.63, 3.8) is 0 Å². The van der Waals surface area contributed by atoms with E-state index in [0.29, 0.717) is 6.61 Å². The summed E-state index contributed by atoms with van der Waals surface area (Å²) in [6.45, 7) is 8.68. The molecule has 1 aliphatic heterocycles. The first-order valence-electron chi connectivity index (χ1n) is 12.7. The molecular formula is C30H38O5Si. The zero-order valence-corrected chi connectivity index (χ0v) is 22.6. The fourth-order valence-electron chi connectivity index (χ4n) is 5.22. The Balaban J connectivity index is 1.72. The first kappa shape index (κ1) is 26.7. The van der Waals surface area contributed by atoms with Gasteiger partial charge in [0.2, 0.25) is 0 Å². The molecule has 1 fully saturated rings. The fraction of sp³-hybridized carbons (Fsp3) is 0.400. The fourth-order valence-corrected chi connectivity index (χ4v) is 9.86. The van der Waals surface area contributed by atoms with Gasteiger partial charge in [-0.2, -0.15) is 0 Å². The number of aliphatic hydroxyl groups excluding tert-OH is 2. The van der Waals surface area contributed by atoms with Crippen molar-refractivity contribution < 1.29 is 24.1 Å². The van der Waals surface area contributed by atoms with Gasteiger partial charge in [0, 0.05) is 5.92 Å². The number of hydrogen-bond donors (Lipinski definition) is 2. The van der Waals surface area contributed by atoms with E-state index in [0.717, 1.165) is 15.9 Å². The quantitative estimate of drug-likeness (QED) is 0.454. The van der Waals surface area contributed by atoms with Crippen LogP contribution in [-0.4, -0.2) is 49.7 Å². The first-order valence-corrected chi connectivity index (χ1v) is 14.6. The van der Waals surface area contributed by atoms with Crippen molar-refractivity contribution in [2.75, 3.05) is 6.61 Å². The van der Waals surface area contributed by atoms with Gasteiger partial charge in [0.25, 0.3) is 8.32 Å². The van der Waals surface area contributed by atoms with Crippen LogP contribution in [0.4, 0.5) is 0 Å². The molecule has 5 atom stereocenters. The minimum absolute atomic E-state index is 0.232. The smallest absolute Gasteiger partial charge is 0.264 e. The topological polar surface area (TPSA) is 68.2 Å². The maximum Gasteiger partial charge on any atom is 0.264 e. The molecule has 0 bridgehead atoms. The van der Waals surface area contributed by atoms with Crippen LogP contribution in [0.5, 0.6) is 0 Å². The van der Waals surface area contributed by atoms with Gasteiger partial charge < -0.3 is 24.1 Å². The Hall–Kier alpha value is -2.32. The molecule has 0 spiro atoms. The van der Waals surface area contributed by atoms with Crippen molar-refractivity contribution in [3.05, 3.63) is 96.6 Å². The molecule has 1 aliphatic rings. The Morgan fingerprint density at radius 2 is 1.33 bits per heavy atom. The van der Waals surface area contributed by atoms with E-state index >= 15 is 0 Å². The normalized spacial score (nSPS) is 25.0. The van der Waals surface area contributed by atoms with E-state index in [1.54, 1.807) is 0 Å². The zero-order valence-electron chi connectivity index (χ0n) is 21.6. The second-order valence-corrected chi connectivity index (χ2v) is 14.9. The Bertz CT molecular complexity index is 1030. The summed E-state index contributed by atoms with van der Waals surface area (Å²) < 4.78 is 19.7. The summed E-state index contributed by atoms with van der Waals surface area (Å²) in [6.07, 6.45) is -2.99. The third kappa shape index (κ3) is 5.35. The van der Waals surface area contributed by atoms with Gasteiger partial charge in [-0.05, 0) is 21.0 Å². The van der Waals surface area contributed by atoms with Crippen LogP contribution >= 0.6 is 0 Å². The molecule has 3 aromatic carbocycles. The predicted octanol–water partition coefficient (Wildman–Crippen LogP) is 3.86. The molecule has 36 heavy (non-hydrogen) atoms. The molecule has 5 nitrogen and oxygen atoms in total. The lowest BCUT2D eigenvalue weighted by atomic mass is 9.92. The standard InChI is InChI=1S/C30H38O5Si/c1-22-28(33-21-23-14-8-5-9-15-23)27(32)26(20-31)34-29(22)35-36(30(2,3)4,24-16-10-6-11-17-24)25-18-12-7-13-19-25/h5-19,22,26-29,31-32H,20-21H2,1-4H3/t22?,26?,27-,28+,29+/m1/s1. The Kier molecular flexibility index (Phi) is 8.45. The summed E-state index contributed by atoms with van der Waals surface area (Å²) in [5.74, 6) is -0.270. The molecule has 0 saturated carbocycles. The van der Waals surface area contributed by atoms with E-state index in [1.807, 2.05) is 73.7 Å². The van der Waals surface area contributed by atoms with Crippen LogP contribution in [0.3, 0.4) is 0 Å². The van der Waals surface area contributed by atoms with Gasteiger partial charge in [-0.25, -0.2) is 0 Å². The van der Waals surface area contributed by atoms with E-state index in [-0.39, 0.29) is 17.6 Å². The van der Waals surface area contributed by atoms with Crippen LogP contribution in [0, 0.1) is 5.92 Å². The second kappa shape index (κ2) is 11.4. The number of ether oxygens (including phenoxy) is 2. The second-order valence-electron chi connectivity index (χ2n) is 10.6. The van der Waals surface area contributed by atoms with E-state index in [4.69, 9.17) is 13.9 Å².